The number of benzene rings is 3. The third-order valence-corrected chi connectivity index (χ3v) is 10.5. The van der Waals surface area contributed by atoms with E-state index in [0.29, 0.717) is 58.8 Å². The molecule has 2 aliphatic rings. The lowest BCUT2D eigenvalue weighted by Crippen LogP contribution is -2.61. The monoisotopic (exact) mass is 731 g/mol. The molecule has 0 atom stereocenters. The Labute approximate surface area is 313 Å². The first-order chi connectivity index (χ1) is 25.7. The zero-order valence-corrected chi connectivity index (χ0v) is 30.6. The predicted molar refractivity (Wildman–Crippen MR) is 206 cm³/mol. The molecular weight excluding hydrogens is 690 g/mol. The van der Waals surface area contributed by atoms with Crippen LogP contribution in [0.15, 0.2) is 85.2 Å². The second kappa shape index (κ2) is 15.6. The van der Waals surface area contributed by atoms with E-state index in [1.807, 2.05) is 62.5 Å². The second-order valence-electron chi connectivity index (χ2n) is 13.7. The van der Waals surface area contributed by atoms with E-state index in [2.05, 4.69) is 25.2 Å². The second-order valence-corrected chi connectivity index (χ2v) is 14.2. The predicted octanol–water partition coefficient (Wildman–Crippen LogP) is 8.39. The van der Waals surface area contributed by atoms with Crippen LogP contribution in [-0.2, 0) is 28.0 Å². The van der Waals surface area contributed by atoms with Crippen molar-refractivity contribution in [3.05, 3.63) is 112 Å². The van der Waals surface area contributed by atoms with Crippen LogP contribution in [0.2, 0.25) is 5.02 Å². The average molecular weight is 732 g/mol. The van der Waals surface area contributed by atoms with E-state index >= 15 is 0 Å². The summed E-state index contributed by atoms with van der Waals surface area (Å²) in [7, 11) is 1.98. The highest BCUT2D eigenvalue weighted by atomic mass is 35.5. The van der Waals surface area contributed by atoms with E-state index in [4.69, 9.17) is 21.1 Å². The van der Waals surface area contributed by atoms with Crippen LogP contribution in [0.4, 0.5) is 5.69 Å². The van der Waals surface area contributed by atoms with Gasteiger partial charge >= 0.3 is 5.97 Å². The fourth-order valence-corrected chi connectivity index (χ4v) is 7.48. The molecule has 2 heterocycles. The van der Waals surface area contributed by atoms with Crippen molar-refractivity contribution in [3.63, 3.8) is 0 Å². The van der Waals surface area contributed by atoms with Crippen molar-refractivity contribution in [2.24, 2.45) is 7.05 Å². The van der Waals surface area contributed by atoms with Gasteiger partial charge in [-0.3, -0.25) is 9.59 Å². The zero-order chi connectivity index (χ0) is 37.0. The Bertz CT molecular complexity index is 2170. The highest BCUT2D eigenvalue weighted by Crippen LogP contribution is 2.44. The number of halogens is 1. The number of nitrogens with zero attached hydrogens (tertiary/aromatic N) is 3. The van der Waals surface area contributed by atoms with Crippen LogP contribution in [0.1, 0.15) is 84.8 Å². The molecule has 7 rings (SSSR count). The summed E-state index contributed by atoms with van der Waals surface area (Å²) < 4.78 is 13.3. The van der Waals surface area contributed by atoms with Gasteiger partial charge in [-0.1, -0.05) is 60.8 Å². The van der Waals surface area contributed by atoms with Gasteiger partial charge in [0.2, 0.25) is 5.91 Å². The lowest BCUT2D eigenvalue weighted by atomic mass is 9.75. The van der Waals surface area contributed by atoms with E-state index in [1.165, 1.54) is 24.5 Å². The standard InChI is InChI=1S/C42H42ClN5O5/c1-3-52-35-23-32(17-14-28(35)16-19-36(49)53-26-27-10-5-4-6-11-27)46-41(51)42(20-9-21-42)47-40(50)30-15-18-33-34(22-30)48(2)38(37(33)29-12-7-8-13-29)39-44-24-31(43)25-45-39/h4-6,10-11,14-19,22-25,29H,3,7-9,12-13,20-21,26H2,1-2H3,(H,46,51)(H,47,50)/b19-16+. The Hall–Kier alpha value is -5.48. The van der Waals surface area contributed by atoms with E-state index in [9.17, 15) is 14.4 Å². The van der Waals surface area contributed by atoms with Crippen molar-refractivity contribution < 1.29 is 23.9 Å². The number of fused-ring (bicyclic) bond motifs is 1. The Balaban J connectivity index is 1.07. The van der Waals surface area contributed by atoms with Gasteiger partial charge in [0.1, 0.15) is 17.9 Å². The van der Waals surface area contributed by atoms with E-state index in [1.54, 1.807) is 36.7 Å². The van der Waals surface area contributed by atoms with Gasteiger partial charge < -0.3 is 24.7 Å². The fourth-order valence-electron chi connectivity index (χ4n) is 7.38. The molecule has 272 valence electrons. The topological polar surface area (TPSA) is 124 Å². The molecule has 5 aromatic rings. The maximum atomic E-state index is 13.9. The number of carbonyl (C=O) groups is 3. The SMILES string of the molecule is CCOc1cc(NC(=O)C2(NC(=O)c3ccc4c(C5CCCC5)c(-c5ncc(Cl)cn5)n(C)c4c3)CCC2)ccc1/C=C/C(=O)OCc1ccccc1. The number of aryl methyl sites for hydroxylation is 1. The Morgan fingerprint density at radius 2 is 1.74 bits per heavy atom. The first-order valence-electron chi connectivity index (χ1n) is 18.1. The first-order valence-corrected chi connectivity index (χ1v) is 18.5. The third kappa shape index (κ3) is 7.69. The third-order valence-electron chi connectivity index (χ3n) is 10.3. The van der Waals surface area contributed by atoms with Crippen molar-refractivity contribution in [1.29, 1.82) is 0 Å². The van der Waals surface area contributed by atoms with Gasteiger partial charge in [-0.2, -0.15) is 0 Å². The normalized spacial score (nSPS) is 15.3. The average Bonchev–Trinajstić information content (AvgIpc) is 3.79. The molecule has 3 aromatic carbocycles. The van der Waals surface area contributed by atoms with Crippen LogP contribution in [0.5, 0.6) is 5.75 Å². The number of nitrogens with one attached hydrogen (secondary N) is 2. The van der Waals surface area contributed by atoms with Crippen LogP contribution >= 0.6 is 11.6 Å². The Morgan fingerprint density at radius 1 is 0.981 bits per heavy atom. The Kier molecular flexibility index (Phi) is 10.6. The fraction of sp³-hybridized carbons (Fsp3) is 0.310. The van der Waals surface area contributed by atoms with Crippen LogP contribution in [-0.4, -0.2) is 44.5 Å². The van der Waals surface area contributed by atoms with Gasteiger partial charge in [0, 0.05) is 59.3 Å². The van der Waals surface area contributed by atoms with Crippen LogP contribution in [0.25, 0.3) is 28.5 Å². The summed E-state index contributed by atoms with van der Waals surface area (Å²) in [6.45, 7) is 2.42. The van der Waals surface area contributed by atoms with Crippen molar-refractivity contribution in [2.45, 2.75) is 69.9 Å². The van der Waals surface area contributed by atoms with E-state index < -0.39 is 11.5 Å². The minimum Gasteiger partial charge on any atom is -0.493 e. The lowest BCUT2D eigenvalue weighted by Gasteiger charge is -2.40. The van der Waals surface area contributed by atoms with Gasteiger partial charge in [-0.15, -0.1) is 0 Å². The number of ether oxygens (including phenoxy) is 2. The molecule has 0 bridgehead atoms. The minimum atomic E-state index is -1.05. The maximum absolute atomic E-state index is 13.9. The maximum Gasteiger partial charge on any atom is 0.331 e. The highest BCUT2D eigenvalue weighted by molar-refractivity contribution is 6.30. The van der Waals surface area contributed by atoms with Crippen molar-refractivity contribution in [2.75, 3.05) is 11.9 Å². The molecule has 10 nitrogen and oxygen atoms in total. The van der Waals surface area contributed by atoms with Gasteiger partial charge in [0.15, 0.2) is 5.82 Å². The lowest BCUT2D eigenvalue weighted by molar-refractivity contribution is -0.138. The van der Waals surface area contributed by atoms with Gasteiger partial charge in [-0.25, -0.2) is 14.8 Å². The first kappa shape index (κ1) is 35.9. The minimum absolute atomic E-state index is 0.175. The number of carbonyl (C=O) groups excluding carboxylic acids is 3. The molecule has 0 saturated heterocycles. The quantitative estimate of drug-likeness (QED) is 0.0976. The van der Waals surface area contributed by atoms with Crippen molar-refractivity contribution in [3.8, 4) is 17.3 Å². The summed E-state index contributed by atoms with van der Waals surface area (Å²) >= 11 is 6.12. The Morgan fingerprint density at radius 3 is 2.43 bits per heavy atom. The number of anilines is 1. The van der Waals surface area contributed by atoms with Gasteiger partial charge in [0.05, 0.1) is 17.3 Å². The summed E-state index contributed by atoms with van der Waals surface area (Å²) in [4.78, 5) is 49.1. The number of hydrogen-bond donors (Lipinski definition) is 2. The largest absolute Gasteiger partial charge is 0.493 e. The molecule has 11 heteroatoms. The summed E-state index contributed by atoms with van der Waals surface area (Å²) in [6.07, 6.45) is 12.6. The van der Waals surface area contributed by atoms with Gasteiger partial charge in [0.25, 0.3) is 5.91 Å². The van der Waals surface area contributed by atoms with Crippen LogP contribution in [0.3, 0.4) is 0 Å². The molecule has 0 unspecified atom stereocenters. The van der Waals surface area contributed by atoms with Gasteiger partial charge in [-0.05, 0) is 86.4 Å². The van der Waals surface area contributed by atoms with E-state index in [-0.39, 0.29) is 18.4 Å². The zero-order valence-electron chi connectivity index (χ0n) is 29.9. The molecule has 2 amide bonds. The van der Waals surface area contributed by atoms with Crippen LogP contribution in [0, 0.1) is 0 Å². The molecule has 0 radical (unpaired) electrons. The molecule has 0 aliphatic heterocycles. The molecule has 2 N–H and O–H groups in total. The summed E-state index contributed by atoms with van der Waals surface area (Å²) in [6, 6.07) is 20.4. The number of amides is 2. The molecule has 53 heavy (non-hydrogen) atoms. The van der Waals surface area contributed by atoms with Crippen molar-refractivity contribution in [1.82, 2.24) is 19.9 Å². The smallest absolute Gasteiger partial charge is 0.331 e. The number of aromatic nitrogens is 3. The molecule has 0 spiro atoms. The van der Waals surface area contributed by atoms with E-state index in [0.717, 1.165) is 41.4 Å². The molecule has 2 aliphatic carbocycles. The van der Waals surface area contributed by atoms with Crippen molar-refractivity contribution >= 4 is 52.1 Å². The number of hydrogen-bond acceptors (Lipinski definition) is 7. The highest BCUT2D eigenvalue weighted by Gasteiger charge is 2.45. The molecule has 2 fully saturated rings. The van der Waals surface area contributed by atoms with Crippen LogP contribution < -0.4 is 15.4 Å². The molecule has 2 aromatic heterocycles. The summed E-state index contributed by atoms with van der Waals surface area (Å²) in [5.41, 5.74) is 4.54. The number of esters is 1. The summed E-state index contributed by atoms with van der Waals surface area (Å²) in [5.74, 6) is 0.392. The summed E-state index contributed by atoms with van der Waals surface area (Å²) in [5, 5.41) is 7.63. The molecule has 2 saturated carbocycles. The number of rotatable bonds is 12. The molecular formula is C42H42ClN5O5.